The van der Waals surface area contributed by atoms with E-state index in [1.165, 1.54) is 24.1 Å². The second-order valence-corrected chi connectivity index (χ2v) is 5.32. The van der Waals surface area contributed by atoms with Gasteiger partial charge in [0, 0.05) is 42.8 Å². The SMILES string of the molecule is CCn1ccnc1CN[C@@H]1CCCc2c1cnn2CC. The van der Waals surface area contributed by atoms with Crippen molar-refractivity contribution in [2.24, 2.45) is 0 Å². The topological polar surface area (TPSA) is 47.7 Å². The maximum Gasteiger partial charge on any atom is 0.122 e. The summed E-state index contributed by atoms with van der Waals surface area (Å²) in [7, 11) is 0. The van der Waals surface area contributed by atoms with Crippen LogP contribution in [0.5, 0.6) is 0 Å². The molecule has 0 amide bonds. The fourth-order valence-electron chi connectivity index (χ4n) is 3.11. The van der Waals surface area contributed by atoms with Crippen LogP contribution in [0.1, 0.15) is 49.8 Å². The molecule has 5 nitrogen and oxygen atoms in total. The highest BCUT2D eigenvalue weighted by molar-refractivity contribution is 5.25. The van der Waals surface area contributed by atoms with E-state index in [2.05, 4.69) is 38.5 Å². The largest absolute Gasteiger partial charge is 0.334 e. The first-order valence-corrected chi connectivity index (χ1v) is 7.61. The van der Waals surface area contributed by atoms with Gasteiger partial charge in [0.1, 0.15) is 5.82 Å². The number of nitrogens with one attached hydrogen (secondary N) is 1. The first-order chi connectivity index (χ1) is 9.83. The smallest absolute Gasteiger partial charge is 0.122 e. The van der Waals surface area contributed by atoms with Crippen molar-refractivity contribution in [2.45, 2.75) is 58.8 Å². The molecule has 2 aromatic heterocycles. The maximum absolute atomic E-state index is 4.50. The Bertz CT molecular complexity index is 569. The van der Waals surface area contributed by atoms with Crippen molar-refractivity contribution in [1.82, 2.24) is 24.6 Å². The standard InChI is InChI=1S/C15H23N5/c1-3-19-9-8-16-15(19)11-17-13-6-5-7-14-12(13)10-18-20(14)4-2/h8-10,13,17H,3-7,11H2,1-2H3/t13-/m1/s1. The van der Waals surface area contributed by atoms with Gasteiger partial charge in [0.25, 0.3) is 0 Å². The van der Waals surface area contributed by atoms with Crippen LogP contribution in [0.15, 0.2) is 18.6 Å². The molecule has 0 bridgehead atoms. The maximum atomic E-state index is 4.50. The number of hydrogen-bond acceptors (Lipinski definition) is 3. The van der Waals surface area contributed by atoms with Gasteiger partial charge in [0.15, 0.2) is 0 Å². The van der Waals surface area contributed by atoms with Crippen molar-refractivity contribution in [2.75, 3.05) is 0 Å². The number of imidazole rings is 1. The average molecular weight is 273 g/mol. The Labute approximate surface area is 120 Å². The Kier molecular flexibility index (Phi) is 3.87. The van der Waals surface area contributed by atoms with Gasteiger partial charge in [-0.2, -0.15) is 5.10 Å². The Morgan fingerprint density at radius 1 is 1.35 bits per heavy atom. The summed E-state index contributed by atoms with van der Waals surface area (Å²) in [6.07, 6.45) is 9.54. The third kappa shape index (κ3) is 2.38. The zero-order valence-electron chi connectivity index (χ0n) is 12.3. The van der Waals surface area contributed by atoms with Gasteiger partial charge >= 0.3 is 0 Å². The number of nitrogens with zero attached hydrogens (tertiary/aromatic N) is 4. The van der Waals surface area contributed by atoms with E-state index in [1.807, 2.05) is 18.6 Å². The summed E-state index contributed by atoms with van der Waals surface area (Å²) < 4.78 is 4.32. The molecule has 1 atom stereocenters. The minimum Gasteiger partial charge on any atom is -0.334 e. The molecule has 0 spiro atoms. The normalized spacial score (nSPS) is 18.2. The Hall–Kier alpha value is -1.62. The lowest BCUT2D eigenvalue weighted by Crippen LogP contribution is -2.26. The summed E-state index contributed by atoms with van der Waals surface area (Å²) in [6, 6.07) is 0.418. The molecule has 0 unspecified atom stereocenters. The molecule has 5 heteroatoms. The van der Waals surface area contributed by atoms with Gasteiger partial charge in [0.2, 0.25) is 0 Å². The van der Waals surface area contributed by atoms with E-state index in [4.69, 9.17) is 0 Å². The molecule has 108 valence electrons. The molecular formula is C15H23N5. The van der Waals surface area contributed by atoms with Crippen molar-refractivity contribution in [1.29, 1.82) is 0 Å². The average Bonchev–Trinajstić information content (AvgIpc) is 3.11. The van der Waals surface area contributed by atoms with Crippen LogP contribution in [-0.2, 0) is 26.1 Å². The van der Waals surface area contributed by atoms with Gasteiger partial charge in [-0.15, -0.1) is 0 Å². The van der Waals surface area contributed by atoms with E-state index in [9.17, 15) is 0 Å². The monoisotopic (exact) mass is 273 g/mol. The van der Waals surface area contributed by atoms with Crippen LogP contribution in [0.3, 0.4) is 0 Å². The summed E-state index contributed by atoms with van der Waals surface area (Å²) in [5.41, 5.74) is 2.79. The molecule has 1 aliphatic rings. The first-order valence-electron chi connectivity index (χ1n) is 7.61. The highest BCUT2D eigenvalue weighted by Crippen LogP contribution is 2.29. The summed E-state index contributed by atoms with van der Waals surface area (Å²) in [5.74, 6) is 1.11. The molecule has 3 rings (SSSR count). The first kappa shape index (κ1) is 13.4. The van der Waals surface area contributed by atoms with Gasteiger partial charge in [-0.1, -0.05) is 0 Å². The lowest BCUT2D eigenvalue weighted by atomic mass is 9.93. The fraction of sp³-hybridized carbons (Fsp3) is 0.600. The van der Waals surface area contributed by atoms with E-state index in [1.54, 1.807) is 0 Å². The van der Waals surface area contributed by atoms with Crippen LogP contribution in [0.4, 0.5) is 0 Å². The molecule has 0 aromatic carbocycles. The van der Waals surface area contributed by atoms with E-state index in [-0.39, 0.29) is 0 Å². The summed E-state index contributed by atoms with van der Waals surface area (Å²) in [4.78, 5) is 4.43. The predicted molar refractivity (Wildman–Crippen MR) is 78.3 cm³/mol. The van der Waals surface area contributed by atoms with Crippen LogP contribution in [-0.4, -0.2) is 19.3 Å². The molecule has 2 aromatic rings. The Balaban J connectivity index is 1.72. The zero-order valence-corrected chi connectivity index (χ0v) is 12.3. The fourth-order valence-corrected chi connectivity index (χ4v) is 3.11. The van der Waals surface area contributed by atoms with E-state index in [0.717, 1.165) is 31.9 Å². The van der Waals surface area contributed by atoms with Crippen molar-refractivity contribution >= 4 is 0 Å². The lowest BCUT2D eigenvalue weighted by Gasteiger charge is -2.24. The van der Waals surface area contributed by atoms with Gasteiger partial charge in [-0.3, -0.25) is 4.68 Å². The highest BCUT2D eigenvalue weighted by Gasteiger charge is 2.23. The molecular weight excluding hydrogens is 250 g/mol. The van der Waals surface area contributed by atoms with Crippen LogP contribution < -0.4 is 5.32 Å². The van der Waals surface area contributed by atoms with Gasteiger partial charge < -0.3 is 9.88 Å². The van der Waals surface area contributed by atoms with Crippen LogP contribution >= 0.6 is 0 Å². The molecule has 2 heterocycles. The number of rotatable bonds is 5. The number of fused-ring (bicyclic) bond motifs is 1. The van der Waals surface area contributed by atoms with Crippen molar-refractivity contribution in [3.63, 3.8) is 0 Å². The number of hydrogen-bond donors (Lipinski definition) is 1. The molecule has 0 saturated heterocycles. The quantitative estimate of drug-likeness (QED) is 0.909. The Morgan fingerprint density at radius 3 is 3.05 bits per heavy atom. The van der Waals surface area contributed by atoms with E-state index >= 15 is 0 Å². The number of aromatic nitrogens is 4. The van der Waals surface area contributed by atoms with Gasteiger partial charge in [0.05, 0.1) is 12.7 Å². The second kappa shape index (κ2) is 5.79. The lowest BCUT2D eigenvalue weighted by molar-refractivity contribution is 0.438. The minimum absolute atomic E-state index is 0.418. The van der Waals surface area contributed by atoms with Crippen molar-refractivity contribution in [3.8, 4) is 0 Å². The minimum atomic E-state index is 0.418. The summed E-state index contributed by atoms with van der Waals surface area (Å²) in [5, 5.41) is 8.16. The zero-order chi connectivity index (χ0) is 13.9. The van der Waals surface area contributed by atoms with Crippen LogP contribution in [0, 0.1) is 0 Å². The molecule has 1 N–H and O–H groups in total. The van der Waals surface area contributed by atoms with Crippen molar-refractivity contribution < 1.29 is 0 Å². The molecule has 1 aliphatic carbocycles. The molecule has 0 fully saturated rings. The van der Waals surface area contributed by atoms with Gasteiger partial charge in [-0.05, 0) is 33.1 Å². The van der Waals surface area contributed by atoms with Gasteiger partial charge in [-0.25, -0.2) is 4.98 Å². The van der Waals surface area contributed by atoms with E-state index < -0.39 is 0 Å². The third-order valence-electron chi connectivity index (χ3n) is 4.21. The second-order valence-electron chi connectivity index (χ2n) is 5.32. The van der Waals surface area contributed by atoms with E-state index in [0.29, 0.717) is 6.04 Å². The summed E-state index contributed by atoms with van der Waals surface area (Å²) in [6.45, 7) is 7.06. The third-order valence-corrected chi connectivity index (χ3v) is 4.21. The molecule has 0 saturated carbocycles. The van der Waals surface area contributed by atoms with Crippen LogP contribution in [0.2, 0.25) is 0 Å². The molecule has 20 heavy (non-hydrogen) atoms. The summed E-state index contributed by atoms with van der Waals surface area (Å²) >= 11 is 0. The predicted octanol–water partition coefficient (Wildman–Crippen LogP) is 2.29. The van der Waals surface area contributed by atoms with Crippen molar-refractivity contribution in [3.05, 3.63) is 35.7 Å². The Morgan fingerprint density at radius 2 is 2.25 bits per heavy atom. The molecule has 0 radical (unpaired) electrons. The number of aryl methyl sites for hydroxylation is 2. The molecule has 0 aliphatic heterocycles. The van der Waals surface area contributed by atoms with Crippen LogP contribution in [0.25, 0.3) is 0 Å². The highest BCUT2D eigenvalue weighted by atomic mass is 15.3.